The molecule has 1 aromatic carbocycles. The Balaban J connectivity index is -0.0000101. The highest BCUT2D eigenvalue weighted by atomic mass is 16.5. The van der Waals surface area contributed by atoms with Gasteiger partial charge in [-0.05, 0) is 110 Å². The van der Waals surface area contributed by atoms with Crippen LogP contribution in [0.25, 0.3) is 6.08 Å². The number of nitrogens with zero attached hydrogens (tertiary/aromatic N) is 1. The van der Waals surface area contributed by atoms with Crippen LogP contribution in [0, 0.1) is 0 Å². The normalized spacial score (nSPS) is 12.0. The van der Waals surface area contributed by atoms with Gasteiger partial charge in [0.15, 0.2) is 0 Å². The first-order chi connectivity index (χ1) is 31.9. The summed E-state index contributed by atoms with van der Waals surface area (Å²) in [6.45, 7) is 26.9. The van der Waals surface area contributed by atoms with Gasteiger partial charge in [0.25, 0.3) is 0 Å². The Morgan fingerprint density at radius 1 is 0.585 bits per heavy atom. The molecular weight excluding hydrogens is 801 g/mol. The highest BCUT2D eigenvalue weighted by Crippen LogP contribution is 2.23. The summed E-state index contributed by atoms with van der Waals surface area (Å²) in [5.74, 6) is 2.17. The highest BCUT2D eigenvalue weighted by Gasteiger charge is 2.18. The van der Waals surface area contributed by atoms with Crippen LogP contribution in [0.2, 0.25) is 0 Å². The van der Waals surface area contributed by atoms with E-state index >= 15 is 0 Å². The molecule has 1 aromatic rings. The molecule has 0 bridgehead atoms. The summed E-state index contributed by atoms with van der Waals surface area (Å²) in [5, 5.41) is 3.22. The van der Waals surface area contributed by atoms with Crippen molar-refractivity contribution in [2.75, 3.05) is 31.5 Å². The lowest BCUT2D eigenvalue weighted by atomic mass is 10.0. The largest absolute Gasteiger partial charge is 0.495 e. The first kappa shape index (κ1) is 62.4. The highest BCUT2D eigenvalue weighted by molar-refractivity contribution is 5.69. The summed E-state index contributed by atoms with van der Waals surface area (Å²) < 4.78 is 13.1. The van der Waals surface area contributed by atoms with Crippen molar-refractivity contribution in [2.45, 2.75) is 285 Å². The van der Waals surface area contributed by atoms with Gasteiger partial charge in [0.05, 0.1) is 29.2 Å². The van der Waals surface area contributed by atoms with Crippen LogP contribution in [-0.2, 0) is 9.47 Å². The average molecular weight is 914 g/mol. The van der Waals surface area contributed by atoms with Gasteiger partial charge in [-0.3, -0.25) is 9.59 Å². The Labute approximate surface area is 407 Å². The van der Waals surface area contributed by atoms with Crippen LogP contribution in [0.3, 0.4) is 0 Å². The third kappa shape index (κ3) is 33.5. The Morgan fingerprint density at radius 3 is 1.48 bits per heavy atom. The molecule has 1 rings (SSSR count). The second-order valence-corrected chi connectivity index (χ2v) is 18.7. The molecule has 382 valence electrons. The van der Waals surface area contributed by atoms with Crippen molar-refractivity contribution >= 4 is 11.8 Å². The number of hydrogen-bond donors (Lipinski definition) is 1. The second kappa shape index (κ2) is 46.5. The minimum atomic E-state index is -0.419. The van der Waals surface area contributed by atoms with Gasteiger partial charge < -0.3 is 19.7 Å². The van der Waals surface area contributed by atoms with Crippen molar-refractivity contribution < 1.29 is 12.3 Å². The van der Waals surface area contributed by atoms with Gasteiger partial charge in [0.1, 0.15) is 5.76 Å². The smallest absolute Gasteiger partial charge is 0.250 e. The van der Waals surface area contributed by atoms with E-state index in [1.54, 1.807) is 0 Å². The summed E-state index contributed by atoms with van der Waals surface area (Å²) in [5.41, 5.74) is 3.24. The van der Waals surface area contributed by atoms with E-state index in [4.69, 9.17) is 9.47 Å². The lowest BCUT2D eigenvalue weighted by Crippen LogP contribution is -2.37. The fraction of sp³-hybridized carbons (Fsp3) is 0.814. The number of allylic oxidation sites excluding steroid dienone is 3. The van der Waals surface area contributed by atoms with Gasteiger partial charge >= 0.3 is 0 Å². The van der Waals surface area contributed by atoms with E-state index < -0.39 is 10.9 Å². The van der Waals surface area contributed by atoms with E-state index in [0.29, 0.717) is 30.0 Å². The van der Waals surface area contributed by atoms with Crippen LogP contribution in [0.15, 0.2) is 46.1 Å². The number of nitrogens with one attached hydrogen (secondary N) is 1. The quantitative estimate of drug-likeness (QED) is 0.0304. The van der Waals surface area contributed by atoms with Gasteiger partial charge in [-0.15, -0.1) is 0 Å². The maximum atomic E-state index is 12.0. The van der Waals surface area contributed by atoms with Crippen LogP contribution in [-0.4, -0.2) is 43.3 Å². The van der Waals surface area contributed by atoms with Crippen molar-refractivity contribution in [2.24, 2.45) is 0 Å². The molecule has 1 N–H and O–H groups in total. The van der Waals surface area contributed by atoms with Crippen molar-refractivity contribution in [3.63, 3.8) is 0 Å². The predicted molar refractivity (Wildman–Crippen MR) is 292 cm³/mol. The van der Waals surface area contributed by atoms with E-state index in [0.717, 1.165) is 70.3 Å². The van der Waals surface area contributed by atoms with E-state index in [-0.39, 0.29) is 2.85 Å². The zero-order valence-corrected chi connectivity index (χ0v) is 44.4. The minimum Gasteiger partial charge on any atom is -0.495 e. The first-order valence-electron chi connectivity index (χ1n) is 28.2. The second-order valence-electron chi connectivity index (χ2n) is 18.7. The molecule has 0 saturated carbocycles. The molecule has 0 aromatic heterocycles. The van der Waals surface area contributed by atoms with Crippen LogP contribution in [0.5, 0.6) is 0 Å². The van der Waals surface area contributed by atoms with Gasteiger partial charge in [0, 0.05) is 22.2 Å². The van der Waals surface area contributed by atoms with Crippen molar-refractivity contribution in [1.82, 2.24) is 4.90 Å². The lowest BCUT2D eigenvalue weighted by Gasteiger charge is -2.23. The molecule has 0 aliphatic carbocycles. The first-order valence-corrected chi connectivity index (χ1v) is 28.2. The van der Waals surface area contributed by atoms with E-state index in [9.17, 15) is 9.59 Å². The topological polar surface area (TPSA) is 67.9 Å². The maximum absolute atomic E-state index is 12.0. The van der Waals surface area contributed by atoms with Crippen molar-refractivity contribution in [3.8, 4) is 0 Å². The Kier molecular flexibility index (Phi) is 44.7. The maximum Gasteiger partial charge on any atom is 0.250 e. The Hall–Kier alpha value is -2.56. The van der Waals surface area contributed by atoms with Crippen LogP contribution < -0.4 is 16.2 Å². The molecule has 0 fully saturated rings. The summed E-state index contributed by atoms with van der Waals surface area (Å²) in [4.78, 5) is 26.5. The zero-order chi connectivity index (χ0) is 48.0. The summed E-state index contributed by atoms with van der Waals surface area (Å²) in [6.07, 6.45) is 48.1. The lowest BCUT2D eigenvalue weighted by molar-refractivity contribution is 0.0890. The number of ether oxygens (including phenoxy) is 2. The van der Waals surface area contributed by atoms with Gasteiger partial charge in [-0.1, -0.05) is 201 Å². The van der Waals surface area contributed by atoms with E-state index in [1.165, 1.54) is 192 Å². The third-order valence-corrected chi connectivity index (χ3v) is 13.1. The molecule has 0 saturated heterocycles. The fourth-order valence-corrected chi connectivity index (χ4v) is 8.89. The van der Waals surface area contributed by atoms with Crippen molar-refractivity contribution in [3.05, 3.63) is 62.5 Å². The van der Waals surface area contributed by atoms with Gasteiger partial charge in [-0.2, -0.15) is 0 Å². The Bertz CT molecular complexity index is 1370. The SMILES string of the molecule is C=C=C(CCCCCCCN(CCCCCCC/C(=C/C)OC(CC)CCCCCCCC)CCCNc1c(C=C)c(=O)c1=O)OC(CCCCCCCC)CCCCCCCC.CC.[HH].[HH]. The third-order valence-electron chi connectivity index (χ3n) is 13.1. The van der Waals surface area contributed by atoms with Crippen LogP contribution in [0.1, 0.15) is 282 Å². The molecule has 65 heavy (non-hydrogen) atoms. The summed E-state index contributed by atoms with van der Waals surface area (Å²) in [7, 11) is 0. The Morgan fingerprint density at radius 2 is 1.02 bits per heavy atom. The number of anilines is 1. The molecule has 0 amide bonds. The predicted octanol–water partition coefficient (Wildman–Crippen LogP) is 18.2. The monoisotopic (exact) mass is 913 g/mol. The molecule has 1 atom stereocenters. The zero-order valence-electron chi connectivity index (χ0n) is 44.4. The number of hydrogen-bond acceptors (Lipinski definition) is 6. The molecule has 0 aliphatic heterocycles. The molecule has 0 aliphatic rings. The molecule has 6 nitrogen and oxygen atoms in total. The molecular formula is C59H112N2O4. The van der Waals surface area contributed by atoms with Crippen LogP contribution in [0.4, 0.5) is 5.69 Å². The molecule has 1 unspecified atom stereocenters. The van der Waals surface area contributed by atoms with E-state index in [1.807, 2.05) is 13.8 Å². The van der Waals surface area contributed by atoms with Crippen LogP contribution >= 0.6 is 0 Å². The van der Waals surface area contributed by atoms with E-state index in [2.05, 4.69) is 69.8 Å². The summed E-state index contributed by atoms with van der Waals surface area (Å²) in [6, 6.07) is 0. The van der Waals surface area contributed by atoms with Crippen molar-refractivity contribution in [1.29, 1.82) is 0 Å². The number of unbranched alkanes of at least 4 members (excludes halogenated alkanes) is 23. The average Bonchev–Trinajstić information content (AvgIpc) is 3.33. The molecule has 0 heterocycles. The van der Waals surface area contributed by atoms with Gasteiger partial charge in [0.2, 0.25) is 10.9 Å². The standard InChI is InChI=1S/C57H102N2O4.C2H6.2H2/c1-8-15-18-21-26-33-41-50(11-4)62-51(12-5)42-34-29-24-31-38-47-59(49-40-46-58-55-54(14-7)56(60)57(55)61)48-39-32-25-30-35-43-52(13-6)63-53(44-36-27-22-19-16-9-2)45-37-28-23-20-17-10-3;1-2;;/h12,14,50,53,58H,6-11,15-49H2,1-5H3;1-2H3;2*1H/b51-12-;;;. The number of rotatable bonds is 48. The fourth-order valence-electron chi connectivity index (χ4n) is 8.89. The minimum absolute atomic E-state index is 0. The molecule has 0 spiro atoms. The molecule has 6 heteroatoms. The van der Waals surface area contributed by atoms with Gasteiger partial charge in [-0.25, -0.2) is 0 Å². The molecule has 0 radical (unpaired) electrons. The summed E-state index contributed by atoms with van der Waals surface area (Å²) >= 11 is 0.